The van der Waals surface area contributed by atoms with Crippen molar-refractivity contribution in [3.05, 3.63) is 87.0 Å². The van der Waals surface area contributed by atoms with Crippen molar-refractivity contribution in [1.29, 1.82) is 0 Å². The molecule has 6 heteroatoms. The van der Waals surface area contributed by atoms with Gasteiger partial charge >= 0.3 is 0 Å². The lowest BCUT2D eigenvalue weighted by Crippen LogP contribution is -2.95. The van der Waals surface area contributed by atoms with E-state index in [1.807, 2.05) is 42.5 Å². The highest BCUT2D eigenvalue weighted by molar-refractivity contribution is 6.39. The molecule has 4 nitrogen and oxygen atoms in total. The number of rotatable bonds is 0. The van der Waals surface area contributed by atoms with Crippen LogP contribution in [0.2, 0.25) is 10.0 Å². The number of quaternary nitrogens is 1. The molecule has 0 saturated carbocycles. The third kappa shape index (κ3) is 2.05. The summed E-state index contributed by atoms with van der Waals surface area (Å²) in [6, 6.07) is 18.4. The van der Waals surface area contributed by atoms with Crippen molar-refractivity contribution in [1.82, 2.24) is 0 Å². The van der Waals surface area contributed by atoms with Crippen LogP contribution >= 0.6 is 23.2 Å². The second-order valence-corrected chi connectivity index (χ2v) is 8.69. The highest BCUT2D eigenvalue weighted by Crippen LogP contribution is 2.51. The third-order valence-electron chi connectivity index (χ3n) is 6.29. The number of hydrogen-bond acceptors (Lipinski definition) is 3. The lowest BCUT2D eigenvalue weighted by molar-refractivity contribution is -0.694. The molecule has 0 amide bonds. The van der Waals surface area contributed by atoms with E-state index < -0.39 is 0 Å². The van der Waals surface area contributed by atoms with Gasteiger partial charge in [-0.25, -0.2) is 0 Å². The number of furan rings is 1. The van der Waals surface area contributed by atoms with Crippen LogP contribution in [0, 0.1) is 5.21 Å². The molecule has 1 N–H and O–H groups in total. The van der Waals surface area contributed by atoms with Crippen LogP contribution in [0.15, 0.2) is 65.1 Å². The van der Waals surface area contributed by atoms with Gasteiger partial charge < -0.3 is 14.7 Å². The highest BCUT2D eigenvalue weighted by atomic mass is 35.5. The number of para-hydroxylation sites is 1. The lowest BCUT2D eigenvalue weighted by Gasteiger charge is -2.19. The summed E-state index contributed by atoms with van der Waals surface area (Å²) in [5.41, 5.74) is 6.03. The van der Waals surface area contributed by atoms with Crippen molar-refractivity contribution < 1.29 is 14.3 Å². The van der Waals surface area contributed by atoms with E-state index in [1.165, 1.54) is 0 Å². The van der Waals surface area contributed by atoms with Crippen LogP contribution < -0.4 is 5.06 Å². The summed E-state index contributed by atoms with van der Waals surface area (Å²) in [7, 11) is 0. The Hall–Kier alpha value is -3.15. The van der Waals surface area contributed by atoms with Crippen LogP contribution in [0.3, 0.4) is 0 Å². The maximum Gasteiger partial charge on any atom is 0.200 e. The van der Waals surface area contributed by atoms with Crippen LogP contribution in [-0.4, -0.2) is 5.78 Å². The first-order valence-corrected chi connectivity index (χ1v) is 10.5. The Bertz CT molecular complexity index is 1650. The van der Waals surface area contributed by atoms with Crippen molar-refractivity contribution in [2.24, 2.45) is 0 Å². The number of nitrogens with one attached hydrogen (secondary N) is 1. The number of halogens is 2. The van der Waals surface area contributed by atoms with Crippen molar-refractivity contribution in [2.75, 3.05) is 0 Å². The molecule has 1 aliphatic heterocycles. The van der Waals surface area contributed by atoms with Crippen molar-refractivity contribution in [3.8, 4) is 22.3 Å². The lowest BCUT2D eigenvalue weighted by atomic mass is 9.97. The Morgan fingerprint density at radius 2 is 1.61 bits per heavy atom. The van der Waals surface area contributed by atoms with E-state index >= 15 is 0 Å². The summed E-state index contributed by atoms with van der Waals surface area (Å²) in [6.45, 7) is 0. The fourth-order valence-corrected chi connectivity index (χ4v) is 5.48. The SMILES string of the molecule is O=C1c2cc(Cl)ccc2-c2ccc3c(c21)[NH+]([O-])c1cc(Cl)c2c(oc4ccccc42)c1-3. The molecule has 7 rings (SSSR count). The van der Waals surface area contributed by atoms with E-state index in [0.717, 1.165) is 21.9 Å². The molecular formula is C25H11Cl2NO3. The van der Waals surface area contributed by atoms with Crippen LogP contribution in [0.1, 0.15) is 15.9 Å². The number of carbonyl (C=O) groups excluding carboxylic acids is 1. The maximum absolute atomic E-state index is 13.5. The molecule has 4 aromatic carbocycles. The second kappa shape index (κ2) is 5.75. The molecule has 31 heavy (non-hydrogen) atoms. The normalized spacial score (nSPS) is 16.0. The average molecular weight is 444 g/mol. The van der Waals surface area contributed by atoms with Gasteiger partial charge in [-0.15, -0.1) is 0 Å². The summed E-state index contributed by atoms with van der Waals surface area (Å²) in [5.74, 6) is -0.183. The molecule has 1 aromatic heterocycles. The summed E-state index contributed by atoms with van der Waals surface area (Å²) in [6.07, 6.45) is 0. The smallest absolute Gasteiger partial charge is 0.200 e. The number of hydrogen-bond donors (Lipinski definition) is 1. The largest absolute Gasteiger partial charge is 0.623 e. The molecule has 0 radical (unpaired) electrons. The van der Waals surface area contributed by atoms with Gasteiger partial charge in [0.2, 0.25) is 0 Å². The molecule has 2 heterocycles. The zero-order chi connectivity index (χ0) is 21.0. The molecule has 148 valence electrons. The van der Waals surface area contributed by atoms with Gasteiger partial charge in [-0.3, -0.25) is 4.79 Å². The standard InChI is InChI=1S/C25H11Cl2NO3/c26-11-5-6-12-13-7-8-15-21-18(28(30)23(15)22(13)24(29)16(12)9-11)10-17(27)20-14-3-1-2-4-19(14)31-25(20)21/h1-10,28H. The molecule has 5 aromatic rings. The van der Waals surface area contributed by atoms with Crippen LogP contribution in [0.4, 0.5) is 11.4 Å². The van der Waals surface area contributed by atoms with Gasteiger partial charge in [0, 0.05) is 27.4 Å². The third-order valence-corrected chi connectivity index (χ3v) is 6.82. The van der Waals surface area contributed by atoms with E-state index in [2.05, 4.69) is 0 Å². The van der Waals surface area contributed by atoms with E-state index in [4.69, 9.17) is 27.6 Å². The predicted molar refractivity (Wildman–Crippen MR) is 122 cm³/mol. The van der Waals surface area contributed by atoms with E-state index in [9.17, 15) is 10.0 Å². The number of carbonyl (C=O) groups is 1. The van der Waals surface area contributed by atoms with Gasteiger partial charge in [0.05, 0.1) is 21.7 Å². The minimum atomic E-state index is -0.210. The van der Waals surface area contributed by atoms with Crippen molar-refractivity contribution in [3.63, 3.8) is 0 Å². The molecule has 0 bridgehead atoms. The Labute approximate surface area is 185 Å². The first-order valence-electron chi connectivity index (χ1n) is 9.75. The first kappa shape index (κ1) is 17.5. The van der Waals surface area contributed by atoms with Crippen molar-refractivity contribution in [2.45, 2.75) is 0 Å². The molecule has 0 spiro atoms. The van der Waals surface area contributed by atoms with Crippen molar-refractivity contribution >= 4 is 62.3 Å². The Morgan fingerprint density at radius 1 is 0.839 bits per heavy atom. The molecule has 0 saturated heterocycles. The van der Waals surface area contributed by atoms with Gasteiger partial charge in [0.25, 0.3) is 0 Å². The predicted octanol–water partition coefficient (Wildman–Crippen LogP) is 6.43. The Balaban J connectivity index is 1.59. The minimum absolute atomic E-state index is 0.183. The molecule has 2 aliphatic rings. The van der Waals surface area contributed by atoms with Gasteiger partial charge in [-0.2, -0.15) is 0 Å². The van der Waals surface area contributed by atoms with Crippen LogP contribution in [0.5, 0.6) is 0 Å². The summed E-state index contributed by atoms with van der Waals surface area (Å²) in [4.78, 5) is 13.3. The summed E-state index contributed by atoms with van der Waals surface area (Å²) >= 11 is 12.7. The van der Waals surface area contributed by atoms with E-state index in [1.54, 1.807) is 18.2 Å². The highest BCUT2D eigenvalue weighted by Gasteiger charge is 2.40. The minimum Gasteiger partial charge on any atom is -0.623 e. The summed E-state index contributed by atoms with van der Waals surface area (Å²) < 4.78 is 6.17. The van der Waals surface area contributed by atoms with Crippen LogP contribution in [0.25, 0.3) is 44.2 Å². The number of fused-ring (bicyclic) bond motifs is 11. The monoisotopic (exact) mass is 443 g/mol. The number of ketones is 1. The van der Waals surface area contributed by atoms with Gasteiger partial charge in [0.1, 0.15) is 11.3 Å². The van der Waals surface area contributed by atoms with E-state index in [-0.39, 0.29) is 10.8 Å². The second-order valence-electron chi connectivity index (χ2n) is 7.84. The van der Waals surface area contributed by atoms with Gasteiger partial charge in [-0.05, 0) is 35.4 Å². The Morgan fingerprint density at radius 3 is 2.48 bits per heavy atom. The molecule has 1 unspecified atom stereocenters. The molecule has 1 atom stereocenters. The molecule has 1 aliphatic carbocycles. The van der Waals surface area contributed by atoms with E-state index in [0.29, 0.717) is 54.8 Å². The van der Waals surface area contributed by atoms with Gasteiger partial charge in [-0.1, -0.05) is 53.5 Å². The first-order chi connectivity index (χ1) is 15.0. The maximum atomic E-state index is 13.5. The molecule has 0 fully saturated rings. The topological polar surface area (TPSA) is 57.7 Å². The zero-order valence-corrected chi connectivity index (χ0v) is 17.3. The Kier molecular flexibility index (Phi) is 3.25. The fourth-order valence-electron chi connectivity index (χ4n) is 5.01. The average Bonchev–Trinajstić information content (AvgIpc) is 3.38. The molecular weight excluding hydrogens is 433 g/mol. The van der Waals surface area contributed by atoms with Gasteiger partial charge in [0.15, 0.2) is 17.1 Å². The van der Waals surface area contributed by atoms with Crippen LogP contribution in [-0.2, 0) is 0 Å². The number of benzene rings is 4. The zero-order valence-electron chi connectivity index (χ0n) is 15.8. The quantitative estimate of drug-likeness (QED) is 0.275. The summed E-state index contributed by atoms with van der Waals surface area (Å²) in [5, 5.41) is 15.9. The fraction of sp³-hybridized carbons (Fsp3) is 0.